The fourth-order valence-electron chi connectivity index (χ4n) is 2.13. The van der Waals surface area contributed by atoms with E-state index in [2.05, 4.69) is 31.2 Å². The minimum Gasteiger partial charge on any atom is -0.493 e. The van der Waals surface area contributed by atoms with Gasteiger partial charge in [-0.1, -0.05) is 36.4 Å². The normalized spacial score (nSPS) is 10.4. The van der Waals surface area contributed by atoms with Crippen molar-refractivity contribution in [2.24, 2.45) is 5.73 Å². The van der Waals surface area contributed by atoms with Crippen molar-refractivity contribution in [3.8, 4) is 16.9 Å². The van der Waals surface area contributed by atoms with E-state index in [1.54, 1.807) is 0 Å². The van der Waals surface area contributed by atoms with E-state index in [9.17, 15) is 0 Å². The summed E-state index contributed by atoms with van der Waals surface area (Å²) in [5, 5.41) is 0. The van der Waals surface area contributed by atoms with Crippen LogP contribution in [-0.4, -0.2) is 6.61 Å². The molecule has 2 aromatic rings. The third-order valence-electron chi connectivity index (χ3n) is 3.00. The maximum atomic E-state index is 5.68. The van der Waals surface area contributed by atoms with E-state index in [1.807, 2.05) is 25.1 Å². The minimum absolute atomic E-state index is 0.578. The zero-order valence-electron chi connectivity index (χ0n) is 10.9. The molecule has 0 spiro atoms. The number of benzene rings is 2. The van der Waals surface area contributed by atoms with Crippen LogP contribution in [0.3, 0.4) is 0 Å². The maximum absolute atomic E-state index is 5.68. The molecule has 0 saturated heterocycles. The summed E-state index contributed by atoms with van der Waals surface area (Å²) < 4.78 is 5.68. The van der Waals surface area contributed by atoms with E-state index >= 15 is 0 Å². The third kappa shape index (κ3) is 2.54. The van der Waals surface area contributed by atoms with Crippen molar-refractivity contribution in [2.75, 3.05) is 6.61 Å². The first-order valence-electron chi connectivity index (χ1n) is 6.28. The molecule has 0 aliphatic carbocycles. The number of hydrogen-bond acceptors (Lipinski definition) is 2. The summed E-state index contributed by atoms with van der Waals surface area (Å²) in [7, 11) is 0. The number of para-hydroxylation sites is 1. The van der Waals surface area contributed by atoms with Crippen LogP contribution in [0, 0.1) is 6.92 Å². The molecule has 2 nitrogen and oxygen atoms in total. The molecule has 2 aromatic carbocycles. The first kappa shape index (κ1) is 12.7. The molecule has 18 heavy (non-hydrogen) atoms. The number of aryl methyl sites for hydroxylation is 1. The summed E-state index contributed by atoms with van der Waals surface area (Å²) in [4.78, 5) is 0. The van der Waals surface area contributed by atoms with Gasteiger partial charge in [-0.05, 0) is 36.6 Å². The van der Waals surface area contributed by atoms with Gasteiger partial charge in [-0.3, -0.25) is 0 Å². The molecule has 2 N–H and O–H groups in total. The molecule has 0 bridgehead atoms. The molecular formula is C16H19NO. The van der Waals surface area contributed by atoms with Crippen LogP contribution in [0.4, 0.5) is 0 Å². The van der Waals surface area contributed by atoms with Gasteiger partial charge in [0.05, 0.1) is 6.61 Å². The molecule has 0 aromatic heterocycles. The molecule has 0 fully saturated rings. The van der Waals surface area contributed by atoms with E-state index in [1.165, 1.54) is 11.1 Å². The summed E-state index contributed by atoms with van der Waals surface area (Å²) in [6.45, 7) is 5.36. The van der Waals surface area contributed by atoms with Crippen molar-refractivity contribution < 1.29 is 4.74 Å². The summed E-state index contributed by atoms with van der Waals surface area (Å²) in [6, 6.07) is 14.5. The average Bonchev–Trinajstić information content (AvgIpc) is 2.40. The smallest absolute Gasteiger partial charge is 0.127 e. The highest BCUT2D eigenvalue weighted by molar-refractivity contribution is 5.73. The average molecular weight is 241 g/mol. The fraction of sp³-hybridized carbons (Fsp3) is 0.250. The lowest BCUT2D eigenvalue weighted by Gasteiger charge is -2.13. The van der Waals surface area contributed by atoms with E-state index in [-0.39, 0.29) is 0 Å². The Morgan fingerprint density at radius 2 is 1.83 bits per heavy atom. The Morgan fingerprint density at radius 1 is 1.06 bits per heavy atom. The van der Waals surface area contributed by atoms with Gasteiger partial charge in [0, 0.05) is 12.1 Å². The van der Waals surface area contributed by atoms with Gasteiger partial charge >= 0.3 is 0 Å². The monoisotopic (exact) mass is 241 g/mol. The molecule has 0 amide bonds. The zero-order valence-corrected chi connectivity index (χ0v) is 10.9. The summed E-state index contributed by atoms with van der Waals surface area (Å²) in [6.07, 6.45) is 0. The van der Waals surface area contributed by atoms with Crippen molar-refractivity contribution in [2.45, 2.75) is 20.4 Å². The van der Waals surface area contributed by atoms with Crippen LogP contribution in [-0.2, 0) is 6.54 Å². The number of nitrogens with two attached hydrogens (primary N) is 1. The Hall–Kier alpha value is -1.80. The van der Waals surface area contributed by atoms with Crippen LogP contribution in [0.1, 0.15) is 18.1 Å². The lowest BCUT2D eigenvalue weighted by molar-refractivity contribution is 0.341. The summed E-state index contributed by atoms with van der Waals surface area (Å²) in [5.41, 5.74) is 10.4. The Balaban J connectivity index is 2.48. The van der Waals surface area contributed by atoms with E-state index in [0.717, 1.165) is 16.9 Å². The van der Waals surface area contributed by atoms with Gasteiger partial charge < -0.3 is 10.5 Å². The molecule has 2 rings (SSSR count). The molecule has 2 heteroatoms. The summed E-state index contributed by atoms with van der Waals surface area (Å²) >= 11 is 0. The second kappa shape index (κ2) is 5.69. The van der Waals surface area contributed by atoms with Crippen LogP contribution in [0.5, 0.6) is 5.75 Å². The fourth-order valence-corrected chi connectivity index (χ4v) is 2.13. The van der Waals surface area contributed by atoms with Crippen molar-refractivity contribution >= 4 is 0 Å². The highest BCUT2D eigenvalue weighted by Gasteiger charge is 2.08. The third-order valence-corrected chi connectivity index (χ3v) is 3.00. The summed E-state index contributed by atoms with van der Waals surface area (Å²) in [5.74, 6) is 0.934. The van der Waals surface area contributed by atoms with Crippen LogP contribution < -0.4 is 10.5 Å². The number of ether oxygens (including phenoxy) is 1. The van der Waals surface area contributed by atoms with E-state index < -0.39 is 0 Å². The first-order chi connectivity index (χ1) is 8.76. The van der Waals surface area contributed by atoms with Crippen LogP contribution >= 0.6 is 0 Å². The topological polar surface area (TPSA) is 35.2 Å². The Kier molecular flexibility index (Phi) is 4.00. The predicted octanol–water partition coefficient (Wildman–Crippen LogP) is 3.52. The van der Waals surface area contributed by atoms with Gasteiger partial charge in [0.2, 0.25) is 0 Å². The van der Waals surface area contributed by atoms with Gasteiger partial charge in [-0.25, -0.2) is 0 Å². The zero-order chi connectivity index (χ0) is 13.0. The van der Waals surface area contributed by atoms with Gasteiger partial charge in [-0.2, -0.15) is 0 Å². The van der Waals surface area contributed by atoms with Crippen LogP contribution in [0.25, 0.3) is 11.1 Å². The molecule has 0 aliphatic rings. The molecule has 0 atom stereocenters. The quantitative estimate of drug-likeness (QED) is 0.889. The second-order valence-corrected chi connectivity index (χ2v) is 4.28. The van der Waals surface area contributed by atoms with E-state index in [0.29, 0.717) is 13.2 Å². The lowest BCUT2D eigenvalue weighted by atomic mass is 9.98. The van der Waals surface area contributed by atoms with Crippen molar-refractivity contribution in [3.63, 3.8) is 0 Å². The Bertz CT molecular complexity index is 534. The minimum atomic E-state index is 0.578. The van der Waals surface area contributed by atoms with Crippen LogP contribution in [0.15, 0.2) is 42.5 Å². The van der Waals surface area contributed by atoms with Gasteiger partial charge in [0.25, 0.3) is 0 Å². The molecule has 0 radical (unpaired) electrons. The number of rotatable bonds is 4. The van der Waals surface area contributed by atoms with Gasteiger partial charge in [-0.15, -0.1) is 0 Å². The highest BCUT2D eigenvalue weighted by Crippen LogP contribution is 2.32. The predicted molar refractivity (Wildman–Crippen MR) is 75.7 cm³/mol. The lowest BCUT2D eigenvalue weighted by Crippen LogP contribution is -1.98. The molecule has 0 heterocycles. The second-order valence-electron chi connectivity index (χ2n) is 4.28. The van der Waals surface area contributed by atoms with Crippen molar-refractivity contribution in [3.05, 3.63) is 53.6 Å². The Labute approximate surface area is 108 Å². The largest absolute Gasteiger partial charge is 0.493 e. The first-order valence-corrected chi connectivity index (χ1v) is 6.28. The standard InChI is InChI=1S/C16H19NO/c1-3-18-16-7-5-4-6-15(16)14-9-8-13(11-17)10-12(14)2/h4-10H,3,11,17H2,1-2H3. The van der Waals surface area contributed by atoms with Gasteiger partial charge in [0.1, 0.15) is 5.75 Å². The van der Waals surface area contributed by atoms with E-state index in [4.69, 9.17) is 10.5 Å². The number of hydrogen-bond donors (Lipinski definition) is 1. The SMILES string of the molecule is CCOc1ccccc1-c1ccc(CN)cc1C. The van der Waals surface area contributed by atoms with Crippen molar-refractivity contribution in [1.82, 2.24) is 0 Å². The Morgan fingerprint density at radius 3 is 2.50 bits per heavy atom. The maximum Gasteiger partial charge on any atom is 0.127 e. The highest BCUT2D eigenvalue weighted by atomic mass is 16.5. The van der Waals surface area contributed by atoms with Crippen LogP contribution in [0.2, 0.25) is 0 Å². The van der Waals surface area contributed by atoms with Crippen molar-refractivity contribution in [1.29, 1.82) is 0 Å². The molecule has 94 valence electrons. The molecule has 0 aliphatic heterocycles. The molecule has 0 unspecified atom stereocenters. The molecule has 0 saturated carbocycles. The molecular weight excluding hydrogens is 222 g/mol. The van der Waals surface area contributed by atoms with Gasteiger partial charge in [0.15, 0.2) is 0 Å².